The van der Waals surface area contributed by atoms with Crippen LogP contribution in [0.15, 0.2) is 0 Å². The zero-order valence-electron chi connectivity index (χ0n) is 11.7. The predicted molar refractivity (Wildman–Crippen MR) is 70.1 cm³/mol. The van der Waals surface area contributed by atoms with Crippen LogP contribution in [-0.4, -0.2) is 44.7 Å². The molecule has 17 heavy (non-hydrogen) atoms. The maximum absolute atomic E-state index is 5.84. The molecule has 0 amide bonds. The molecule has 0 aliphatic carbocycles. The van der Waals surface area contributed by atoms with E-state index in [1.165, 1.54) is 0 Å². The predicted octanol–water partition coefficient (Wildman–Crippen LogP) is 1.36. The van der Waals surface area contributed by atoms with E-state index in [-0.39, 0.29) is 6.23 Å². The van der Waals surface area contributed by atoms with Crippen molar-refractivity contribution in [2.75, 3.05) is 26.3 Å². The smallest absolute Gasteiger partial charge is 0.131 e. The van der Waals surface area contributed by atoms with Crippen molar-refractivity contribution in [3.8, 4) is 0 Å². The normalized spacial score (nSPS) is 37.4. The zero-order valence-corrected chi connectivity index (χ0v) is 11.7. The van der Waals surface area contributed by atoms with Gasteiger partial charge in [0.05, 0.1) is 19.3 Å². The molecule has 2 N–H and O–H groups in total. The minimum absolute atomic E-state index is 0.111. The van der Waals surface area contributed by atoms with E-state index in [0.717, 1.165) is 26.1 Å². The van der Waals surface area contributed by atoms with Crippen molar-refractivity contribution in [1.82, 2.24) is 10.6 Å². The third-order valence-electron chi connectivity index (χ3n) is 3.43. The Balaban J connectivity index is 0.000000686. The standard InChI is InChI=1S/C11H22N2O2.C2H6/c1-8-5-10(6-13-9(8)2)15-7-11-12-3-4-14-11;1-2/h8-13H,3-7H2,1-2H3;1-2H3. The van der Waals surface area contributed by atoms with Crippen LogP contribution >= 0.6 is 0 Å². The fourth-order valence-electron chi connectivity index (χ4n) is 2.16. The summed E-state index contributed by atoms with van der Waals surface area (Å²) >= 11 is 0. The molecule has 4 atom stereocenters. The molecule has 0 aromatic heterocycles. The third kappa shape index (κ3) is 4.92. The highest BCUT2D eigenvalue weighted by Crippen LogP contribution is 2.18. The van der Waals surface area contributed by atoms with Gasteiger partial charge in [0.15, 0.2) is 0 Å². The molecule has 2 fully saturated rings. The molecule has 0 aromatic rings. The molecule has 0 saturated carbocycles. The summed E-state index contributed by atoms with van der Waals surface area (Å²) in [6.07, 6.45) is 1.61. The van der Waals surface area contributed by atoms with E-state index in [1.54, 1.807) is 0 Å². The van der Waals surface area contributed by atoms with E-state index in [9.17, 15) is 0 Å². The van der Waals surface area contributed by atoms with Gasteiger partial charge in [-0.2, -0.15) is 0 Å². The van der Waals surface area contributed by atoms with Gasteiger partial charge in [-0.3, -0.25) is 5.32 Å². The fraction of sp³-hybridized carbons (Fsp3) is 1.00. The largest absolute Gasteiger partial charge is 0.373 e. The highest BCUT2D eigenvalue weighted by Gasteiger charge is 2.25. The Morgan fingerprint density at radius 2 is 2.00 bits per heavy atom. The second-order valence-electron chi connectivity index (χ2n) is 4.68. The molecule has 0 bridgehead atoms. The molecule has 0 aromatic carbocycles. The molecule has 2 heterocycles. The number of rotatable bonds is 3. The van der Waals surface area contributed by atoms with Gasteiger partial charge >= 0.3 is 0 Å². The summed E-state index contributed by atoms with van der Waals surface area (Å²) in [5, 5.41) is 6.72. The molecule has 4 unspecified atom stereocenters. The Morgan fingerprint density at radius 3 is 2.59 bits per heavy atom. The van der Waals surface area contributed by atoms with Crippen molar-refractivity contribution in [1.29, 1.82) is 0 Å². The zero-order chi connectivity index (χ0) is 12.7. The molecule has 2 rings (SSSR count). The minimum atomic E-state index is 0.111. The van der Waals surface area contributed by atoms with Gasteiger partial charge in [0.1, 0.15) is 6.23 Å². The van der Waals surface area contributed by atoms with Gasteiger partial charge in [-0.25, -0.2) is 0 Å². The number of hydrogen-bond acceptors (Lipinski definition) is 4. The summed E-state index contributed by atoms with van der Waals surface area (Å²) in [4.78, 5) is 0. The maximum Gasteiger partial charge on any atom is 0.131 e. The van der Waals surface area contributed by atoms with Gasteiger partial charge < -0.3 is 14.8 Å². The van der Waals surface area contributed by atoms with Crippen LogP contribution in [0.25, 0.3) is 0 Å². The van der Waals surface area contributed by atoms with Crippen LogP contribution in [0, 0.1) is 5.92 Å². The van der Waals surface area contributed by atoms with E-state index in [1.807, 2.05) is 13.8 Å². The molecular weight excluding hydrogens is 216 g/mol. The lowest BCUT2D eigenvalue weighted by Gasteiger charge is -2.33. The second kappa shape index (κ2) is 8.03. The molecule has 102 valence electrons. The molecule has 2 aliphatic heterocycles. The molecule has 4 nitrogen and oxygen atoms in total. The van der Waals surface area contributed by atoms with Gasteiger partial charge in [0, 0.05) is 19.1 Å². The number of hydrogen-bond donors (Lipinski definition) is 2. The average Bonchev–Trinajstić information content (AvgIpc) is 2.86. The van der Waals surface area contributed by atoms with Crippen LogP contribution < -0.4 is 10.6 Å². The van der Waals surface area contributed by atoms with Crippen LogP contribution in [0.1, 0.15) is 34.1 Å². The highest BCUT2D eigenvalue weighted by atomic mass is 16.6. The summed E-state index contributed by atoms with van der Waals surface area (Å²) < 4.78 is 11.3. The Labute approximate surface area is 105 Å². The lowest BCUT2D eigenvalue weighted by Crippen LogP contribution is -2.47. The van der Waals surface area contributed by atoms with Gasteiger partial charge in [-0.1, -0.05) is 20.8 Å². The first-order chi connectivity index (χ1) is 8.25. The monoisotopic (exact) mass is 244 g/mol. The number of nitrogens with one attached hydrogen (secondary N) is 2. The van der Waals surface area contributed by atoms with Crippen LogP contribution in [0.2, 0.25) is 0 Å². The van der Waals surface area contributed by atoms with Crippen LogP contribution in [0.3, 0.4) is 0 Å². The van der Waals surface area contributed by atoms with E-state index in [4.69, 9.17) is 9.47 Å². The van der Waals surface area contributed by atoms with Crippen molar-refractivity contribution < 1.29 is 9.47 Å². The first kappa shape index (κ1) is 14.9. The molecule has 4 heteroatoms. The molecule has 0 radical (unpaired) electrons. The topological polar surface area (TPSA) is 42.5 Å². The summed E-state index contributed by atoms with van der Waals surface area (Å²) in [7, 11) is 0. The Hall–Kier alpha value is -0.160. The molecule has 2 saturated heterocycles. The Bertz CT molecular complexity index is 196. The fourth-order valence-corrected chi connectivity index (χ4v) is 2.16. The molecule has 0 spiro atoms. The number of piperidine rings is 1. The first-order valence-electron chi connectivity index (χ1n) is 6.95. The van der Waals surface area contributed by atoms with Crippen molar-refractivity contribution >= 4 is 0 Å². The van der Waals surface area contributed by atoms with Gasteiger partial charge in [0.2, 0.25) is 0 Å². The van der Waals surface area contributed by atoms with E-state index in [2.05, 4.69) is 24.5 Å². The molecular formula is C13H28N2O2. The average molecular weight is 244 g/mol. The van der Waals surface area contributed by atoms with E-state index < -0.39 is 0 Å². The van der Waals surface area contributed by atoms with Crippen molar-refractivity contribution in [3.63, 3.8) is 0 Å². The second-order valence-corrected chi connectivity index (χ2v) is 4.68. The van der Waals surface area contributed by atoms with Crippen molar-refractivity contribution in [2.24, 2.45) is 5.92 Å². The van der Waals surface area contributed by atoms with E-state index >= 15 is 0 Å². The lowest BCUT2D eigenvalue weighted by atomic mass is 9.92. The lowest BCUT2D eigenvalue weighted by molar-refractivity contribution is -0.0432. The third-order valence-corrected chi connectivity index (χ3v) is 3.43. The highest BCUT2D eigenvalue weighted by molar-refractivity contribution is 4.80. The van der Waals surface area contributed by atoms with Gasteiger partial charge in [-0.05, 0) is 19.3 Å². The summed E-state index contributed by atoms with van der Waals surface area (Å²) in [5.41, 5.74) is 0. The van der Waals surface area contributed by atoms with Crippen LogP contribution in [0.4, 0.5) is 0 Å². The van der Waals surface area contributed by atoms with Gasteiger partial charge in [-0.15, -0.1) is 0 Å². The van der Waals surface area contributed by atoms with Crippen LogP contribution in [0.5, 0.6) is 0 Å². The number of ether oxygens (including phenoxy) is 2. The van der Waals surface area contributed by atoms with E-state index in [0.29, 0.717) is 24.7 Å². The summed E-state index contributed by atoms with van der Waals surface area (Å²) in [6.45, 7) is 11.9. The molecule has 2 aliphatic rings. The van der Waals surface area contributed by atoms with Gasteiger partial charge in [0.25, 0.3) is 0 Å². The summed E-state index contributed by atoms with van der Waals surface area (Å²) in [6, 6.07) is 0.616. The van der Waals surface area contributed by atoms with Crippen molar-refractivity contribution in [3.05, 3.63) is 0 Å². The first-order valence-corrected chi connectivity index (χ1v) is 6.95. The Kier molecular flexibility index (Phi) is 7.04. The summed E-state index contributed by atoms with van der Waals surface area (Å²) in [5.74, 6) is 0.696. The quantitative estimate of drug-likeness (QED) is 0.787. The minimum Gasteiger partial charge on any atom is -0.373 e. The maximum atomic E-state index is 5.84. The van der Waals surface area contributed by atoms with Crippen LogP contribution in [-0.2, 0) is 9.47 Å². The Morgan fingerprint density at radius 1 is 1.24 bits per heavy atom. The van der Waals surface area contributed by atoms with Crippen molar-refractivity contribution in [2.45, 2.75) is 52.5 Å². The SMILES string of the molecule is CC.CC1CC(OCC2NCCO2)CNC1C.